The van der Waals surface area contributed by atoms with Crippen LogP contribution in [0.3, 0.4) is 0 Å². The van der Waals surface area contributed by atoms with Gasteiger partial charge in [-0.3, -0.25) is 0 Å². The molecule has 96 valence electrons. The first-order valence-electron chi connectivity index (χ1n) is 2.45. The van der Waals surface area contributed by atoms with E-state index in [-0.39, 0.29) is 113 Å². The fourth-order valence-corrected chi connectivity index (χ4v) is 0. The smallest absolute Gasteiger partial charge is 0.652 e. The maximum absolute atomic E-state index is 8.33. The summed E-state index contributed by atoms with van der Waals surface area (Å²) in [5.74, 6) is 0. The Hall–Kier alpha value is 0.794. The molecule has 0 N–H and O–H groups in total. The van der Waals surface area contributed by atoms with Gasteiger partial charge in [0.05, 0.1) is 0 Å². The molecule has 0 heterocycles. The van der Waals surface area contributed by atoms with Gasteiger partial charge in [-0.15, -0.1) is 0 Å². The maximum Gasteiger partial charge on any atom is 4.00 e. The topological polar surface area (TPSA) is 253 Å². The van der Waals surface area contributed by atoms with Gasteiger partial charge in [0.25, 0.3) is 0 Å². The molecule has 0 aromatic carbocycles. The molecule has 0 aliphatic rings. The van der Waals surface area contributed by atoms with Crippen LogP contribution >= 0.6 is 0 Å². The van der Waals surface area contributed by atoms with E-state index in [0.29, 0.717) is 0 Å². The molecular weight excluding hydrogens is 509 g/mol. The molecule has 19 heavy (non-hydrogen) atoms. The van der Waals surface area contributed by atoms with E-state index in [1.165, 1.54) is 0 Å². The van der Waals surface area contributed by atoms with Gasteiger partial charge in [0.2, 0.25) is 0 Å². The molecule has 0 aliphatic heterocycles. The van der Waals surface area contributed by atoms with Crippen LogP contribution in [0.2, 0.25) is 0 Å². The molecule has 0 fully saturated rings. The summed E-state index contributed by atoms with van der Waals surface area (Å²) < 4.78 is 0. The second-order valence-electron chi connectivity index (χ2n) is 1.00. The molecule has 0 atom stereocenters. The number of hydrogen-bond acceptors (Lipinski definition) is 12. The van der Waals surface area contributed by atoms with E-state index in [4.69, 9.17) is 60.0 Å². The molecule has 0 amide bonds. The fourth-order valence-electron chi connectivity index (χ4n) is 0. The first-order chi connectivity index (χ1) is 6.93. The van der Waals surface area contributed by atoms with Crippen LogP contribution in [0.25, 0.3) is 0 Å². The molecule has 0 aliphatic carbocycles. The molecule has 0 rings (SSSR count). The summed E-state index contributed by atoms with van der Waals surface area (Å²) in [5.41, 5.74) is 0. The predicted octanol–water partition coefficient (Wildman–Crippen LogP) is -10.6. The predicted molar refractivity (Wildman–Crippen MR) is 33.1 cm³/mol. The van der Waals surface area contributed by atoms with E-state index in [1.54, 1.807) is 0 Å². The molecule has 0 saturated heterocycles. The maximum atomic E-state index is 8.33. The Labute approximate surface area is 194 Å². The number of hydrogen-bond donors (Lipinski definition) is 0. The quantitative estimate of drug-likeness (QED) is 0.276. The Morgan fingerprint density at radius 1 is 0.474 bits per heavy atom. The normalized spacial score (nSPS) is 5.05. The van der Waals surface area contributed by atoms with Crippen LogP contribution in [0, 0.1) is 0 Å². The minimum Gasteiger partial charge on any atom is -0.652 e. The first-order valence-corrected chi connectivity index (χ1v) is 2.45. The van der Waals surface area contributed by atoms with E-state index in [1.807, 2.05) is 0 Å². The van der Waals surface area contributed by atoms with Gasteiger partial charge in [-0.25, -0.2) is 0 Å². The Kier molecular flexibility index (Phi) is 81.7. The van der Waals surface area contributed by atoms with Gasteiger partial charge in [-0.2, -0.15) is 0 Å². The third-order valence-corrected chi connectivity index (χ3v) is 0. The van der Waals surface area contributed by atoms with Crippen LogP contribution in [0.5, 0.6) is 0 Å². The van der Waals surface area contributed by atoms with Crippen molar-refractivity contribution in [3.8, 4) is 0 Å². The van der Waals surface area contributed by atoms with E-state index >= 15 is 0 Å². The molecule has 15 heteroatoms. The average Bonchev–Trinajstić information content (AvgIpc) is 1.76. The summed E-state index contributed by atoms with van der Waals surface area (Å²) >= 11 is 0. The van der Waals surface area contributed by atoms with Crippen molar-refractivity contribution in [1.82, 2.24) is 0 Å². The SMILES string of the molecule is O=C([O-])[O-].O=C([O-])[O-].O=C([O-])[O-].O=C([O-])[O-].[Ba+2].[Ca+2].[Zr+4]. The Balaban J connectivity index is -0.0000000192. The zero-order valence-electron chi connectivity index (χ0n) is 8.81. The summed E-state index contributed by atoms with van der Waals surface area (Å²) in [7, 11) is 0. The molecule has 0 aromatic heterocycles. The zero-order chi connectivity index (χ0) is 14.3. The average molecular weight is 509 g/mol. The molecular formula is C4BaCaO12Zr. The van der Waals surface area contributed by atoms with Crippen molar-refractivity contribution in [2.24, 2.45) is 0 Å². The van der Waals surface area contributed by atoms with Gasteiger partial charge in [0, 0.05) is 0 Å². The second kappa shape index (κ2) is 36.4. The van der Waals surface area contributed by atoms with Gasteiger partial charge in [-0.05, 0) is 24.6 Å². The van der Waals surface area contributed by atoms with Crippen LogP contribution in [0.4, 0.5) is 19.2 Å². The Morgan fingerprint density at radius 2 is 0.474 bits per heavy atom. The van der Waals surface area contributed by atoms with Crippen molar-refractivity contribution in [3.05, 3.63) is 0 Å². The second-order valence-corrected chi connectivity index (χ2v) is 1.00. The largest absolute Gasteiger partial charge is 4.00 e. The Bertz CT molecular complexity index is 170. The van der Waals surface area contributed by atoms with Gasteiger partial charge in [0.1, 0.15) is 0 Å². The molecule has 0 bridgehead atoms. The summed E-state index contributed by atoms with van der Waals surface area (Å²) in [4.78, 5) is 33.3. The fraction of sp³-hybridized carbons (Fsp3) is 0. The van der Waals surface area contributed by atoms with Gasteiger partial charge in [-0.1, -0.05) is 0 Å². The molecule has 0 unspecified atom stereocenters. The standard InChI is InChI=1S/4CH2O3.Ba.Ca.Zr/c4*2-1(3)4;;;/h4*(H2,2,3,4);;;/q;;;;2*+2;+4/p-8. The van der Waals surface area contributed by atoms with Crippen molar-refractivity contribution in [2.45, 2.75) is 0 Å². The third kappa shape index (κ3) is 8400. The summed E-state index contributed by atoms with van der Waals surface area (Å²) in [5, 5.41) is 66.7. The van der Waals surface area contributed by atoms with Crippen LogP contribution in [-0.2, 0) is 26.2 Å². The zero-order valence-corrected chi connectivity index (χ0v) is 17.9. The van der Waals surface area contributed by atoms with Crippen molar-refractivity contribution in [2.75, 3.05) is 0 Å². The van der Waals surface area contributed by atoms with Crippen LogP contribution < -0.4 is 40.9 Å². The third-order valence-electron chi connectivity index (χ3n) is 0. The van der Waals surface area contributed by atoms with Crippen molar-refractivity contribution < 1.29 is 86.2 Å². The number of rotatable bonds is 0. The Morgan fingerprint density at radius 3 is 0.474 bits per heavy atom. The van der Waals surface area contributed by atoms with Crippen molar-refractivity contribution in [3.63, 3.8) is 0 Å². The summed E-state index contributed by atoms with van der Waals surface area (Å²) in [6.45, 7) is 0. The molecule has 0 spiro atoms. The van der Waals surface area contributed by atoms with Crippen LogP contribution in [0.15, 0.2) is 0 Å². The van der Waals surface area contributed by atoms with E-state index < -0.39 is 24.6 Å². The van der Waals surface area contributed by atoms with Crippen LogP contribution in [0.1, 0.15) is 0 Å². The molecule has 0 radical (unpaired) electrons. The van der Waals surface area contributed by atoms with Gasteiger partial charge in [0.15, 0.2) is 0 Å². The molecule has 12 nitrogen and oxygen atoms in total. The van der Waals surface area contributed by atoms with E-state index in [0.717, 1.165) is 0 Å². The van der Waals surface area contributed by atoms with Crippen molar-refractivity contribution in [1.29, 1.82) is 0 Å². The van der Waals surface area contributed by atoms with E-state index in [2.05, 4.69) is 0 Å². The summed E-state index contributed by atoms with van der Waals surface area (Å²) in [6, 6.07) is 0. The van der Waals surface area contributed by atoms with Gasteiger partial charge < -0.3 is 60.0 Å². The number of carbonyl (C=O) groups excluding carboxylic acids is 4. The summed E-state index contributed by atoms with van der Waals surface area (Å²) in [6.07, 6.45) is -9.33. The number of carboxylic acid groups (broad SMARTS) is 8. The van der Waals surface area contributed by atoms with Crippen LogP contribution in [-0.4, -0.2) is 111 Å². The molecule has 0 aromatic rings. The minimum absolute atomic E-state index is 0. The monoisotopic (exact) mass is 508 g/mol. The van der Waals surface area contributed by atoms with Gasteiger partial charge >= 0.3 is 113 Å². The first kappa shape index (κ1) is 42.7. The molecule has 0 saturated carbocycles. The van der Waals surface area contributed by atoms with E-state index in [9.17, 15) is 0 Å². The number of carbonyl (C=O) groups is 4. The van der Waals surface area contributed by atoms with Crippen molar-refractivity contribution >= 4 is 111 Å². The minimum atomic E-state index is -2.33.